The van der Waals surface area contributed by atoms with Gasteiger partial charge in [0.25, 0.3) is 0 Å². The van der Waals surface area contributed by atoms with Crippen LogP contribution in [0.1, 0.15) is 25.3 Å². The Kier molecular flexibility index (Phi) is 4.90. The second kappa shape index (κ2) is 5.98. The third kappa shape index (κ3) is 4.32. The average molecular weight is 253 g/mol. The molecule has 0 saturated heterocycles. The molecular formula is C13H19NO2S. The molecule has 0 saturated carbocycles. The maximum atomic E-state index is 12.0. The highest BCUT2D eigenvalue weighted by atomic mass is 32.2. The number of rotatable bonds is 6. The van der Waals surface area contributed by atoms with Crippen LogP contribution in [0.15, 0.2) is 41.8 Å². The number of nitrogens with one attached hydrogen (secondary N) is 1. The number of allylic oxidation sites excluding steroid dienone is 1. The van der Waals surface area contributed by atoms with E-state index in [-0.39, 0.29) is 6.04 Å². The Morgan fingerprint density at radius 2 is 1.94 bits per heavy atom. The van der Waals surface area contributed by atoms with E-state index in [1.54, 1.807) is 30.3 Å². The monoisotopic (exact) mass is 253 g/mol. The lowest BCUT2D eigenvalue weighted by atomic mass is 10.2. The minimum absolute atomic E-state index is 0.0840. The molecular weight excluding hydrogens is 234 g/mol. The van der Waals surface area contributed by atoms with Crippen molar-refractivity contribution in [2.24, 2.45) is 0 Å². The molecule has 0 aliphatic rings. The summed E-state index contributed by atoms with van der Waals surface area (Å²) in [5.41, 5.74) is 1.05. The Balaban J connectivity index is 2.74. The van der Waals surface area contributed by atoms with Crippen molar-refractivity contribution in [3.63, 3.8) is 0 Å². The maximum Gasteiger partial charge on any atom is 0.240 e. The van der Waals surface area contributed by atoms with Gasteiger partial charge in [0, 0.05) is 6.04 Å². The zero-order chi connectivity index (χ0) is 12.9. The molecule has 1 N–H and O–H groups in total. The van der Waals surface area contributed by atoms with Crippen LogP contribution in [-0.4, -0.2) is 14.5 Å². The number of aryl methyl sites for hydroxylation is 1. The summed E-state index contributed by atoms with van der Waals surface area (Å²) < 4.78 is 26.6. The Morgan fingerprint density at radius 3 is 2.47 bits per heavy atom. The van der Waals surface area contributed by atoms with Gasteiger partial charge in [0.15, 0.2) is 0 Å². The number of hydrogen-bond donors (Lipinski definition) is 1. The SMILES string of the molecule is C=CCCC(C)NS(=O)(=O)c1ccc(C)cc1. The van der Waals surface area contributed by atoms with Gasteiger partial charge in [0.05, 0.1) is 4.90 Å². The summed E-state index contributed by atoms with van der Waals surface area (Å²) in [6, 6.07) is 6.75. The predicted molar refractivity (Wildman–Crippen MR) is 70.4 cm³/mol. The first-order valence-corrected chi connectivity index (χ1v) is 7.14. The molecule has 0 bridgehead atoms. The van der Waals surface area contributed by atoms with Crippen molar-refractivity contribution in [1.29, 1.82) is 0 Å². The lowest BCUT2D eigenvalue weighted by Crippen LogP contribution is -2.32. The van der Waals surface area contributed by atoms with Gasteiger partial charge >= 0.3 is 0 Å². The lowest BCUT2D eigenvalue weighted by molar-refractivity contribution is 0.549. The molecule has 1 rings (SSSR count). The average Bonchev–Trinajstić information content (AvgIpc) is 2.26. The van der Waals surface area contributed by atoms with E-state index < -0.39 is 10.0 Å². The smallest absolute Gasteiger partial charge is 0.208 e. The summed E-state index contributed by atoms with van der Waals surface area (Å²) in [7, 11) is -3.39. The molecule has 1 unspecified atom stereocenters. The topological polar surface area (TPSA) is 46.2 Å². The van der Waals surface area contributed by atoms with Crippen LogP contribution in [0.2, 0.25) is 0 Å². The van der Waals surface area contributed by atoms with E-state index in [2.05, 4.69) is 11.3 Å². The van der Waals surface area contributed by atoms with Gasteiger partial charge in [0.2, 0.25) is 10.0 Å². The van der Waals surface area contributed by atoms with Gasteiger partial charge in [0.1, 0.15) is 0 Å². The summed E-state index contributed by atoms with van der Waals surface area (Å²) >= 11 is 0. The third-order valence-electron chi connectivity index (χ3n) is 2.49. The molecule has 3 nitrogen and oxygen atoms in total. The standard InChI is InChI=1S/C13H19NO2S/c1-4-5-6-12(3)14-17(15,16)13-9-7-11(2)8-10-13/h4,7-10,12,14H,1,5-6H2,2-3H3. The van der Waals surface area contributed by atoms with E-state index in [0.29, 0.717) is 4.90 Å². The highest BCUT2D eigenvalue weighted by Gasteiger charge is 2.16. The fraction of sp³-hybridized carbons (Fsp3) is 0.385. The quantitative estimate of drug-likeness (QED) is 0.792. The van der Waals surface area contributed by atoms with Crippen molar-refractivity contribution in [3.05, 3.63) is 42.5 Å². The van der Waals surface area contributed by atoms with Crippen LogP contribution in [0, 0.1) is 6.92 Å². The zero-order valence-corrected chi connectivity index (χ0v) is 11.1. The molecule has 4 heteroatoms. The van der Waals surface area contributed by atoms with Crippen molar-refractivity contribution >= 4 is 10.0 Å². The molecule has 1 aromatic rings. The minimum Gasteiger partial charge on any atom is -0.208 e. The molecule has 0 spiro atoms. The van der Waals surface area contributed by atoms with Crippen LogP contribution < -0.4 is 4.72 Å². The highest BCUT2D eigenvalue weighted by Crippen LogP contribution is 2.11. The first kappa shape index (κ1) is 13.9. The normalized spacial score (nSPS) is 13.3. The van der Waals surface area contributed by atoms with E-state index in [4.69, 9.17) is 0 Å². The van der Waals surface area contributed by atoms with E-state index in [1.807, 2.05) is 13.8 Å². The fourth-order valence-electron chi connectivity index (χ4n) is 1.48. The van der Waals surface area contributed by atoms with Gasteiger partial charge < -0.3 is 0 Å². The minimum atomic E-state index is -3.39. The third-order valence-corrected chi connectivity index (χ3v) is 4.10. The fourth-order valence-corrected chi connectivity index (χ4v) is 2.76. The van der Waals surface area contributed by atoms with E-state index in [9.17, 15) is 8.42 Å². The van der Waals surface area contributed by atoms with Crippen LogP contribution in [0.25, 0.3) is 0 Å². The van der Waals surface area contributed by atoms with Crippen LogP contribution in [0.3, 0.4) is 0 Å². The molecule has 1 atom stereocenters. The Hall–Kier alpha value is -1.13. The van der Waals surface area contributed by atoms with Crippen molar-refractivity contribution in [2.75, 3.05) is 0 Å². The Bertz CT molecular complexity index is 463. The molecule has 94 valence electrons. The summed E-state index contributed by atoms with van der Waals surface area (Å²) in [4.78, 5) is 0.313. The highest BCUT2D eigenvalue weighted by molar-refractivity contribution is 7.89. The molecule has 0 aliphatic heterocycles. The van der Waals surface area contributed by atoms with Gasteiger partial charge in [-0.1, -0.05) is 23.8 Å². The van der Waals surface area contributed by atoms with E-state index in [1.165, 1.54) is 0 Å². The van der Waals surface area contributed by atoms with Crippen LogP contribution in [0.4, 0.5) is 0 Å². The van der Waals surface area contributed by atoms with Gasteiger partial charge in [-0.15, -0.1) is 6.58 Å². The lowest BCUT2D eigenvalue weighted by Gasteiger charge is -2.13. The van der Waals surface area contributed by atoms with E-state index in [0.717, 1.165) is 18.4 Å². The number of hydrogen-bond acceptors (Lipinski definition) is 2. The van der Waals surface area contributed by atoms with Crippen LogP contribution in [-0.2, 0) is 10.0 Å². The molecule has 0 amide bonds. The number of sulfonamides is 1. The van der Waals surface area contributed by atoms with Crippen LogP contribution >= 0.6 is 0 Å². The molecule has 1 aromatic carbocycles. The number of benzene rings is 1. The molecule has 0 aliphatic carbocycles. The first-order valence-electron chi connectivity index (χ1n) is 5.65. The van der Waals surface area contributed by atoms with E-state index >= 15 is 0 Å². The largest absolute Gasteiger partial charge is 0.240 e. The molecule has 0 heterocycles. The van der Waals surface area contributed by atoms with Crippen LogP contribution in [0.5, 0.6) is 0 Å². The van der Waals surface area contributed by atoms with Gasteiger partial charge in [-0.3, -0.25) is 0 Å². The Morgan fingerprint density at radius 1 is 1.35 bits per heavy atom. The second-order valence-electron chi connectivity index (χ2n) is 4.20. The van der Waals surface area contributed by atoms with Crippen molar-refractivity contribution < 1.29 is 8.42 Å². The van der Waals surface area contributed by atoms with Crippen molar-refractivity contribution in [1.82, 2.24) is 4.72 Å². The summed E-state index contributed by atoms with van der Waals surface area (Å²) in [6.45, 7) is 7.40. The molecule has 17 heavy (non-hydrogen) atoms. The van der Waals surface area contributed by atoms with Crippen molar-refractivity contribution in [2.45, 2.75) is 37.6 Å². The van der Waals surface area contributed by atoms with Gasteiger partial charge in [-0.2, -0.15) is 0 Å². The molecule has 0 fully saturated rings. The van der Waals surface area contributed by atoms with Gasteiger partial charge in [-0.25, -0.2) is 13.1 Å². The zero-order valence-electron chi connectivity index (χ0n) is 10.3. The molecule has 0 radical (unpaired) electrons. The summed E-state index contributed by atoms with van der Waals surface area (Å²) in [5.74, 6) is 0. The summed E-state index contributed by atoms with van der Waals surface area (Å²) in [5, 5.41) is 0. The second-order valence-corrected chi connectivity index (χ2v) is 5.92. The van der Waals surface area contributed by atoms with Gasteiger partial charge in [-0.05, 0) is 38.8 Å². The van der Waals surface area contributed by atoms with Crippen molar-refractivity contribution in [3.8, 4) is 0 Å². The first-order chi connectivity index (χ1) is 7.95. The maximum absolute atomic E-state index is 12.0. The Labute approximate surface area is 104 Å². The predicted octanol–water partition coefficient (Wildman–Crippen LogP) is 2.63. The molecule has 0 aromatic heterocycles. The summed E-state index contributed by atoms with van der Waals surface area (Å²) in [6.07, 6.45) is 3.35.